The summed E-state index contributed by atoms with van der Waals surface area (Å²) in [6.07, 6.45) is 8.45. The summed E-state index contributed by atoms with van der Waals surface area (Å²) in [6, 6.07) is 0. The van der Waals surface area contributed by atoms with Gasteiger partial charge in [0.1, 0.15) is 0 Å². The lowest BCUT2D eigenvalue weighted by Crippen LogP contribution is -2.53. The molecule has 4 nitrogen and oxygen atoms in total. The highest BCUT2D eigenvalue weighted by molar-refractivity contribution is 5.87. The first-order chi connectivity index (χ1) is 8.59. The molecule has 2 fully saturated rings. The third-order valence-corrected chi connectivity index (χ3v) is 5.05. The molecule has 0 saturated heterocycles. The van der Waals surface area contributed by atoms with E-state index in [9.17, 15) is 14.7 Å². The molecule has 4 heteroatoms. The van der Waals surface area contributed by atoms with Crippen LogP contribution in [-0.2, 0) is 9.59 Å². The van der Waals surface area contributed by atoms with E-state index >= 15 is 0 Å². The summed E-state index contributed by atoms with van der Waals surface area (Å²) in [5, 5.41) is 9.45. The molecule has 2 unspecified atom stereocenters. The van der Waals surface area contributed by atoms with Gasteiger partial charge < -0.3 is 10.8 Å². The average molecular weight is 253 g/mol. The molecule has 0 radical (unpaired) electrons. The van der Waals surface area contributed by atoms with Gasteiger partial charge in [0.2, 0.25) is 5.91 Å². The van der Waals surface area contributed by atoms with Gasteiger partial charge in [0.25, 0.3) is 0 Å². The van der Waals surface area contributed by atoms with Gasteiger partial charge in [-0.25, -0.2) is 0 Å². The maximum atomic E-state index is 12.0. The van der Waals surface area contributed by atoms with Gasteiger partial charge in [-0.1, -0.05) is 32.1 Å². The third-order valence-electron chi connectivity index (χ3n) is 5.05. The van der Waals surface area contributed by atoms with Crippen LogP contribution in [0.25, 0.3) is 0 Å². The number of carboxylic acids is 1. The Morgan fingerprint density at radius 3 is 2.17 bits per heavy atom. The second-order valence-corrected chi connectivity index (χ2v) is 5.88. The molecule has 0 aromatic carbocycles. The summed E-state index contributed by atoms with van der Waals surface area (Å²) in [5.74, 6) is -1.59. The van der Waals surface area contributed by atoms with Crippen molar-refractivity contribution < 1.29 is 14.7 Å². The van der Waals surface area contributed by atoms with E-state index in [1.54, 1.807) is 0 Å². The molecule has 2 rings (SSSR count). The van der Waals surface area contributed by atoms with E-state index in [0.29, 0.717) is 12.8 Å². The SMILES string of the molecule is NC(=O)C1(C2CCCCC2)CCCCC1C(=O)O. The molecule has 0 bridgehead atoms. The van der Waals surface area contributed by atoms with Crippen LogP contribution in [0.2, 0.25) is 0 Å². The van der Waals surface area contributed by atoms with Gasteiger partial charge in [-0.3, -0.25) is 9.59 Å². The van der Waals surface area contributed by atoms with Crippen molar-refractivity contribution in [1.82, 2.24) is 0 Å². The molecular formula is C14H23NO3. The number of nitrogens with two attached hydrogens (primary N) is 1. The van der Waals surface area contributed by atoms with Crippen molar-refractivity contribution >= 4 is 11.9 Å². The Bertz CT molecular complexity index is 336. The average Bonchev–Trinajstić information content (AvgIpc) is 2.39. The third kappa shape index (κ3) is 2.13. The van der Waals surface area contributed by atoms with E-state index in [0.717, 1.165) is 38.5 Å². The first-order valence-electron chi connectivity index (χ1n) is 7.11. The minimum absolute atomic E-state index is 0.185. The molecule has 0 aromatic heterocycles. The zero-order valence-electron chi connectivity index (χ0n) is 10.9. The molecule has 2 atom stereocenters. The Balaban J connectivity index is 2.32. The van der Waals surface area contributed by atoms with E-state index in [2.05, 4.69) is 0 Å². The van der Waals surface area contributed by atoms with Crippen LogP contribution < -0.4 is 5.73 Å². The zero-order chi connectivity index (χ0) is 13.2. The maximum absolute atomic E-state index is 12.0. The van der Waals surface area contributed by atoms with Crippen molar-refractivity contribution in [2.45, 2.75) is 57.8 Å². The quantitative estimate of drug-likeness (QED) is 0.810. The first-order valence-corrected chi connectivity index (χ1v) is 7.11. The molecule has 102 valence electrons. The first kappa shape index (κ1) is 13.4. The summed E-state index contributed by atoms with van der Waals surface area (Å²) in [4.78, 5) is 23.6. The van der Waals surface area contributed by atoms with Crippen molar-refractivity contribution in [2.24, 2.45) is 23.0 Å². The standard InChI is InChI=1S/C14H23NO3/c15-13(18)14(10-6-2-1-3-7-10)9-5-4-8-11(14)12(16)17/h10-11H,1-9H2,(H2,15,18)(H,16,17). The molecule has 2 saturated carbocycles. The number of primary amides is 1. The highest BCUT2D eigenvalue weighted by Gasteiger charge is 2.53. The summed E-state index contributed by atoms with van der Waals surface area (Å²) in [6.45, 7) is 0. The Morgan fingerprint density at radius 2 is 1.61 bits per heavy atom. The lowest BCUT2D eigenvalue weighted by Gasteiger charge is -2.46. The molecule has 0 aromatic rings. The number of carbonyl (C=O) groups is 2. The summed E-state index contributed by atoms with van der Waals surface area (Å²) in [7, 11) is 0. The van der Waals surface area contributed by atoms with Gasteiger partial charge >= 0.3 is 5.97 Å². The topological polar surface area (TPSA) is 80.4 Å². The number of rotatable bonds is 3. The second kappa shape index (κ2) is 5.29. The highest BCUT2D eigenvalue weighted by atomic mass is 16.4. The normalized spacial score (nSPS) is 34.1. The van der Waals surface area contributed by atoms with Crippen LogP contribution in [0, 0.1) is 17.3 Å². The predicted molar refractivity (Wildman–Crippen MR) is 67.8 cm³/mol. The van der Waals surface area contributed by atoms with Crippen molar-refractivity contribution in [2.75, 3.05) is 0 Å². The summed E-state index contributed by atoms with van der Waals surface area (Å²) in [5.41, 5.74) is 4.89. The van der Waals surface area contributed by atoms with E-state index in [1.165, 1.54) is 6.42 Å². The van der Waals surface area contributed by atoms with Gasteiger partial charge in [0, 0.05) is 0 Å². The molecule has 1 amide bonds. The van der Waals surface area contributed by atoms with Crippen LogP contribution in [0.1, 0.15) is 57.8 Å². The Kier molecular flexibility index (Phi) is 3.93. The highest BCUT2D eigenvalue weighted by Crippen LogP contribution is 2.51. The smallest absolute Gasteiger partial charge is 0.307 e. The van der Waals surface area contributed by atoms with Crippen molar-refractivity contribution in [3.05, 3.63) is 0 Å². The molecule has 18 heavy (non-hydrogen) atoms. The van der Waals surface area contributed by atoms with E-state index < -0.39 is 17.3 Å². The maximum Gasteiger partial charge on any atom is 0.307 e. The number of hydrogen-bond donors (Lipinski definition) is 2. The molecular weight excluding hydrogens is 230 g/mol. The monoisotopic (exact) mass is 253 g/mol. The second-order valence-electron chi connectivity index (χ2n) is 5.88. The predicted octanol–water partition coefficient (Wildman–Crippen LogP) is 2.31. The fourth-order valence-corrected chi connectivity index (χ4v) is 4.14. The molecule has 0 spiro atoms. The van der Waals surface area contributed by atoms with Crippen LogP contribution in [-0.4, -0.2) is 17.0 Å². The van der Waals surface area contributed by atoms with Crippen LogP contribution in [0.5, 0.6) is 0 Å². The Morgan fingerprint density at radius 1 is 1.00 bits per heavy atom. The lowest BCUT2D eigenvalue weighted by molar-refractivity contribution is -0.160. The van der Waals surface area contributed by atoms with Crippen LogP contribution >= 0.6 is 0 Å². The van der Waals surface area contributed by atoms with Crippen molar-refractivity contribution in [3.63, 3.8) is 0 Å². The van der Waals surface area contributed by atoms with Gasteiger partial charge in [0.15, 0.2) is 0 Å². The number of aliphatic carboxylic acids is 1. The van der Waals surface area contributed by atoms with Gasteiger partial charge in [-0.05, 0) is 31.6 Å². The van der Waals surface area contributed by atoms with Gasteiger partial charge in [-0.15, -0.1) is 0 Å². The zero-order valence-corrected chi connectivity index (χ0v) is 10.9. The number of carboxylic acid groups (broad SMARTS) is 1. The van der Waals surface area contributed by atoms with Gasteiger partial charge in [0.05, 0.1) is 11.3 Å². The Labute approximate surface area is 108 Å². The molecule has 2 aliphatic carbocycles. The van der Waals surface area contributed by atoms with Crippen LogP contribution in [0.4, 0.5) is 0 Å². The number of hydrogen-bond acceptors (Lipinski definition) is 2. The van der Waals surface area contributed by atoms with E-state index in [-0.39, 0.29) is 11.8 Å². The molecule has 2 aliphatic rings. The largest absolute Gasteiger partial charge is 0.481 e. The van der Waals surface area contributed by atoms with Crippen LogP contribution in [0.15, 0.2) is 0 Å². The Hall–Kier alpha value is -1.06. The van der Waals surface area contributed by atoms with E-state index in [4.69, 9.17) is 5.73 Å². The summed E-state index contributed by atoms with van der Waals surface area (Å²) >= 11 is 0. The minimum Gasteiger partial charge on any atom is -0.481 e. The van der Waals surface area contributed by atoms with Gasteiger partial charge in [-0.2, -0.15) is 0 Å². The van der Waals surface area contributed by atoms with Crippen molar-refractivity contribution in [3.8, 4) is 0 Å². The number of amides is 1. The van der Waals surface area contributed by atoms with E-state index in [1.807, 2.05) is 0 Å². The minimum atomic E-state index is -0.834. The molecule has 3 N–H and O–H groups in total. The fraction of sp³-hybridized carbons (Fsp3) is 0.857. The van der Waals surface area contributed by atoms with Crippen molar-refractivity contribution in [1.29, 1.82) is 0 Å². The lowest BCUT2D eigenvalue weighted by atomic mass is 9.56. The van der Waals surface area contributed by atoms with Crippen LogP contribution in [0.3, 0.4) is 0 Å². The fourth-order valence-electron chi connectivity index (χ4n) is 4.14. The molecule has 0 heterocycles. The number of carbonyl (C=O) groups excluding carboxylic acids is 1. The summed E-state index contributed by atoms with van der Waals surface area (Å²) < 4.78 is 0. The molecule has 0 aliphatic heterocycles.